The molecule has 78 valence electrons. The second kappa shape index (κ2) is 3.98. The van der Waals surface area contributed by atoms with Gasteiger partial charge in [0.05, 0.1) is 16.8 Å². The van der Waals surface area contributed by atoms with Crippen LogP contribution in [0.4, 0.5) is 0 Å². The average Bonchev–Trinajstić information content (AvgIpc) is 2.61. The number of fused-ring (bicyclic) bond motifs is 1. The first-order valence-corrected chi connectivity index (χ1v) is 5.56. The predicted octanol–water partition coefficient (Wildman–Crippen LogP) is 2.90. The van der Waals surface area contributed by atoms with Gasteiger partial charge in [0.25, 0.3) is 0 Å². The summed E-state index contributed by atoms with van der Waals surface area (Å²) in [7, 11) is 0. The van der Waals surface area contributed by atoms with Crippen molar-refractivity contribution in [3.63, 3.8) is 0 Å². The minimum Gasteiger partial charge on any atom is -0.494 e. The van der Waals surface area contributed by atoms with Gasteiger partial charge in [0.1, 0.15) is 5.75 Å². The minimum atomic E-state index is 0.00848. The van der Waals surface area contributed by atoms with Gasteiger partial charge in [-0.3, -0.25) is 4.79 Å². The monoisotopic (exact) mass is 221 g/mol. The number of nitrogens with zero attached hydrogens (tertiary/aromatic N) is 1. The first-order chi connectivity index (χ1) is 7.20. The zero-order valence-electron chi connectivity index (χ0n) is 8.61. The molecule has 0 amide bonds. The molecule has 0 spiro atoms. The van der Waals surface area contributed by atoms with Crippen LogP contribution < -0.4 is 4.74 Å². The van der Waals surface area contributed by atoms with E-state index in [1.807, 2.05) is 25.1 Å². The molecule has 2 aromatic rings. The van der Waals surface area contributed by atoms with Gasteiger partial charge in [-0.2, -0.15) is 0 Å². The Kier molecular flexibility index (Phi) is 2.68. The zero-order chi connectivity index (χ0) is 10.8. The maximum absolute atomic E-state index is 11.1. The van der Waals surface area contributed by atoms with Crippen LogP contribution >= 0.6 is 11.3 Å². The summed E-state index contributed by atoms with van der Waals surface area (Å²) in [4.78, 5) is 15.4. The van der Waals surface area contributed by atoms with E-state index in [0.717, 1.165) is 16.0 Å². The highest BCUT2D eigenvalue weighted by molar-refractivity contribution is 7.20. The average molecular weight is 221 g/mol. The molecule has 15 heavy (non-hydrogen) atoms. The van der Waals surface area contributed by atoms with Crippen molar-refractivity contribution in [2.75, 3.05) is 6.61 Å². The Bertz CT molecular complexity index is 504. The SMILES string of the molecule is CCOc1ccc2nc(C(C)=O)sc2c1. The Morgan fingerprint density at radius 3 is 3.00 bits per heavy atom. The van der Waals surface area contributed by atoms with Gasteiger partial charge in [-0.1, -0.05) is 0 Å². The van der Waals surface area contributed by atoms with Gasteiger partial charge in [-0.25, -0.2) is 4.98 Å². The fourth-order valence-electron chi connectivity index (χ4n) is 1.31. The van der Waals surface area contributed by atoms with Crippen LogP contribution in [0.3, 0.4) is 0 Å². The number of ether oxygens (including phenoxy) is 1. The topological polar surface area (TPSA) is 39.2 Å². The fourth-order valence-corrected chi connectivity index (χ4v) is 2.20. The molecule has 4 heteroatoms. The summed E-state index contributed by atoms with van der Waals surface area (Å²) in [6, 6.07) is 5.67. The Hall–Kier alpha value is -1.42. The molecule has 0 unspecified atom stereocenters. The van der Waals surface area contributed by atoms with Crippen LogP contribution in [-0.2, 0) is 0 Å². The van der Waals surface area contributed by atoms with Crippen LogP contribution in [0.25, 0.3) is 10.2 Å². The number of hydrogen-bond acceptors (Lipinski definition) is 4. The zero-order valence-corrected chi connectivity index (χ0v) is 9.43. The van der Waals surface area contributed by atoms with Gasteiger partial charge in [0.2, 0.25) is 0 Å². The number of aromatic nitrogens is 1. The summed E-state index contributed by atoms with van der Waals surface area (Å²) < 4.78 is 6.37. The number of hydrogen-bond donors (Lipinski definition) is 0. The molecule has 0 fully saturated rings. The Labute approximate surface area is 91.7 Å². The Morgan fingerprint density at radius 1 is 1.53 bits per heavy atom. The van der Waals surface area contributed by atoms with Crippen molar-refractivity contribution in [2.24, 2.45) is 0 Å². The smallest absolute Gasteiger partial charge is 0.188 e. The third-order valence-electron chi connectivity index (χ3n) is 1.97. The highest BCUT2D eigenvalue weighted by atomic mass is 32.1. The standard InChI is InChI=1S/C11H11NO2S/c1-3-14-8-4-5-9-10(6-8)15-11(12-9)7(2)13/h4-6H,3H2,1-2H3. The lowest BCUT2D eigenvalue weighted by Crippen LogP contribution is -1.90. The van der Waals surface area contributed by atoms with Crippen LogP contribution in [0.1, 0.15) is 23.6 Å². The lowest BCUT2D eigenvalue weighted by molar-refractivity contribution is 0.101. The molecule has 0 bridgehead atoms. The molecule has 0 saturated carbocycles. The van der Waals surface area contributed by atoms with E-state index in [1.165, 1.54) is 18.3 Å². The predicted molar refractivity (Wildman–Crippen MR) is 60.8 cm³/mol. The Balaban J connectivity index is 2.47. The van der Waals surface area contributed by atoms with Crippen molar-refractivity contribution in [3.05, 3.63) is 23.2 Å². The molecular formula is C11H11NO2S. The molecule has 0 aliphatic carbocycles. The van der Waals surface area contributed by atoms with E-state index in [9.17, 15) is 4.79 Å². The van der Waals surface area contributed by atoms with Crippen LogP contribution in [0.15, 0.2) is 18.2 Å². The minimum absolute atomic E-state index is 0.00848. The van der Waals surface area contributed by atoms with Crippen molar-refractivity contribution < 1.29 is 9.53 Å². The maximum atomic E-state index is 11.1. The van der Waals surface area contributed by atoms with Crippen LogP contribution in [-0.4, -0.2) is 17.4 Å². The summed E-state index contributed by atoms with van der Waals surface area (Å²) in [6.45, 7) is 4.11. The van der Waals surface area contributed by atoms with Crippen molar-refractivity contribution in [1.29, 1.82) is 0 Å². The molecule has 1 heterocycles. The number of ketones is 1. The van der Waals surface area contributed by atoms with Gasteiger partial charge in [-0.05, 0) is 25.1 Å². The highest BCUT2D eigenvalue weighted by Gasteiger charge is 2.08. The van der Waals surface area contributed by atoms with E-state index in [4.69, 9.17) is 4.74 Å². The van der Waals surface area contributed by atoms with Gasteiger partial charge >= 0.3 is 0 Å². The van der Waals surface area contributed by atoms with Crippen LogP contribution in [0, 0.1) is 0 Å². The molecule has 1 aromatic carbocycles. The number of benzene rings is 1. The Morgan fingerprint density at radius 2 is 2.33 bits per heavy atom. The van der Waals surface area contributed by atoms with E-state index >= 15 is 0 Å². The molecule has 2 rings (SSSR count). The van der Waals surface area contributed by atoms with Crippen molar-refractivity contribution in [1.82, 2.24) is 4.98 Å². The molecule has 0 radical (unpaired) electrons. The molecule has 3 nitrogen and oxygen atoms in total. The van der Waals surface area contributed by atoms with Gasteiger partial charge in [0.15, 0.2) is 10.8 Å². The lowest BCUT2D eigenvalue weighted by Gasteiger charge is -2.00. The van der Waals surface area contributed by atoms with Crippen molar-refractivity contribution >= 4 is 27.3 Å². The summed E-state index contributed by atoms with van der Waals surface area (Å²) in [5.41, 5.74) is 0.855. The van der Waals surface area contributed by atoms with E-state index in [2.05, 4.69) is 4.98 Å². The first-order valence-electron chi connectivity index (χ1n) is 4.75. The highest BCUT2D eigenvalue weighted by Crippen LogP contribution is 2.26. The number of Topliss-reactive ketones (excluding diaryl/α,β-unsaturated/α-hetero) is 1. The van der Waals surface area contributed by atoms with Crippen LogP contribution in [0.2, 0.25) is 0 Å². The molecule has 1 aromatic heterocycles. The van der Waals surface area contributed by atoms with Gasteiger partial charge in [-0.15, -0.1) is 11.3 Å². The summed E-state index contributed by atoms with van der Waals surface area (Å²) in [5, 5.41) is 0.554. The van der Waals surface area contributed by atoms with Gasteiger partial charge < -0.3 is 4.74 Å². The van der Waals surface area contributed by atoms with Crippen molar-refractivity contribution in [2.45, 2.75) is 13.8 Å². The largest absolute Gasteiger partial charge is 0.494 e. The first kappa shape index (κ1) is 10.1. The van der Waals surface area contributed by atoms with E-state index in [1.54, 1.807) is 0 Å². The van der Waals surface area contributed by atoms with E-state index in [-0.39, 0.29) is 5.78 Å². The normalized spacial score (nSPS) is 10.5. The summed E-state index contributed by atoms with van der Waals surface area (Å²) >= 11 is 1.40. The maximum Gasteiger partial charge on any atom is 0.188 e. The van der Waals surface area contributed by atoms with E-state index < -0.39 is 0 Å². The number of carbonyl (C=O) groups excluding carboxylic acids is 1. The molecule has 0 aliphatic heterocycles. The number of rotatable bonds is 3. The van der Waals surface area contributed by atoms with Gasteiger partial charge in [0, 0.05) is 6.92 Å². The third-order valence-corrected chi connectivity index (χ3v) is 3.09. The fraction of sp³-hybridized carbons (Fsp3) is 0.273. The van der Waals surface area contributed by atoms with Crippen molar-refractivity contribution in [3.8, 4) is 5.75 Å². The second-order valence-corrected chi connectivity index (χ2v) is 4.17. The summed E-state index contributed by atoms with van der Waals surface area (Å²) in [6.07, 6.45) is 0. The molecule has 0 aliphatic rings. The molecular weight excluding hydrogens is 210 g/mol. The molecule has 0 saturated heterocycles. The second-order valence-electron chi connectivity index (χ2n) is 3.14. The van der Waals surface area contributed by atoms with Crippen LogP contribution in [0.5, 0.6) is 5.75 Å². The number of carbonyl (C=O) groups is 1. The quantitative estimate of drug-likeness (QED) is 0.748. The third kappa shape index (κ3) is 1.99. The summed E-state index contributed by atoms with van der Waals surface area (Å²) in [5.74, 6) is 0.831. The lowest BCUT2D eigenvalue weighted by atomic mass is 10.3. The molecule has 0 N–H and O–H groups in total. The number of thiazole rings is 1. The van der Waals surface area contributed by atoms with E-state index in [0.29, 0.717) is 11.6 Å². The molecule has 0 atom stereocenters.